The van der Waals surface area contributed by atoms with Gasteiger partial charge in [-0.3, -0.25) is 0 Å². The van der Waals surface area contributed by atoms with Gasteiger partial charge in [0.1, 0.15) is 5.82 Å². The molecule has 1 aromatic heterocycles. The van der Waals surface area contributed by atoms with Crippen molar-refractivity contribution in [1.82, 2.24) is 14.9 Å². The van der Waals surface area contributed by atoms with E-state index in [4.69, 9.17) is 5.73 Å². The minimum absolute atomic E-state index is 0.193. The second-order valence-corrected chi connectivity index (χ2v) is 4.94. The number of rotatable bonds is 1. The van der Waals surface area contributed by atoms with Crippen LogP contribution in [0.2, 0.25) is 0 Å². The number of aromatic nitrogens is 2. The molecule has 2 unspecified atom stereocenters. The van der Waals surface area contributed by atoms with E-state index in [1.165, 1.54) is 37.2 Å². The van der Waals surface area contributed by atoms with Gasteiger partial charge in [0.05, 0.1) is 17.9 Å². The number of hydrogen-bond acceptors (Lipinski definition) is 3. The summed E-state index contributed by atoms with van der Waals surface area (Å²) < 4.78 is 2.34. The number of hydrogen-bond donors (Lipinski definition) is 2. The highest BCUT2D eigenvalue weighted by Crippen LogP contribution is 2.29. The first-order chi connectivity index (χ1) is 7.86. The quantitative estimate of drug-likeness (QED) is 0.754. The van der Waals surface area contributed by atoms with Gasteiger partial charge >= 0.3 is 0 Å². The molecule has 2 aliphatic rings. The zero-order valence-electron chi connectivity index (χ0n) is 9.65. The van der Waals surface area contributed by atoms with Crippen LogP contribution in [-0.2, 0) is 6.54 Å². The third-order valence-corrected chi connectivity index (χ3v) is 3.82. The largest absolute Gasteiger partial charge is 0.329 e. The first-order valence-electron chi connectivity index (χ1n) is 6.40. The van der Waals surface area contributed by atoms with Crippen LogP contribution < -0.4 is 11.1 Å². The van der Waals surface area contributed by atoms with Crippen LogP contribution in [0.15, 0.2) is 6.20 Å². The topological polar surface area (TPSA) is 55.9 Å². The van der Waals surface area contributed by atoms with E-state index >= 15 is 0 Å². The maximum atomic E-state index is 6.11. The molecule has 0 aromatic carbocycles. The van der Waals surface area contributed by atoms with Crippen molar-refractivity contribution in [2.75, 3.05) is 6.54 Å². The number of nitrogens with two attached hydrogens (primary N) is 1. The first-order valence-corrected chi connectivity index (χ1v) is 6.40. The molecule has 0 spiro atoms. The molecule has 3 N–H and O–H groups in total. The lowest BCUT2D eigenvalue weighted by molar-refractivity contribution is 0.368. The molecular weight excluding hydrogens is 200 g/mol. The van der Waals surface area contributed by atoms with Gasteiger partial charge in [-0.15, -0.1) is 0 Å². The fourth-order valence-electron chi connectivity index (χ4n) is 2.91. The molecule has 1 aromatic rings. The molecule has 0 bridgehead atoms. The average molecular weight is 220 g/mol. The highest BCUT2D eigenvalue weighted by molar-refractivity contribution is 5.14. The summed E-state index contributed by atoms with van der Waals surface area (Å²) in [5.41, 5.74) is 7.34. The van der Waals surface area contributed by atoms with Crippen molar-refractivity contribution in [2.24, 2.45) is 5.73 Å². The van der Waals surface area contributed by atoms with Crippen molar-refractivity contribution in [3.63, 3.8) is 0 Å². The fraction of sp³-hybridized carbons (Fsp3) is 0.750. The number of nitrogens with one attached hydrogen (secondary N) is 1. The highest BCUT2D eigenvalue weighted by Gasteiger charge is 2.25. The Bertz CT molecular complexity index is 365. The number of imidazole rings is 1. The standard InChI is InChI=1S/C12H20N4/c13-9-4-3-7-16-11(9)8-15-12(16)10-5-1-2-6-14-10/h8-10,14H,1-7,13H2. The molecule has 3 rings (SSSR count). The Morgan fingerprint density at radius 1 is 1.31 bits per heavy atom. The zero-order chi connectivity index (χ0) is 11.0. The second-order valence-electron chi connectivity index (χ2n) is 4.94. The third-order valence-electron chi connectivity index (χ3n) is 3.82. The predicted octanol–water partition coefficient (Wildman–Crippen LogP) is 1.49. The minimum Gasteiger partial charge on any atom is -0.329 e. The summed E-state index contributed by atoms with van der Waals surface area (Å²) in [6.45, 7) is 2.22. The van der Waals surface area contributed by atoms with E-state index in [-0.39, 0.29) is 6.04 Å². The molecule has 0 radical (unpaired) electrons. The number of fused-ring (bicyclic) bond motifs is 1. The lowest BCUT2D eigenvalue weighted by atomic mass is 10.0. The molecule has 4 heteroatoms. The number of nitrogens with zero attached hydrogens (tertiary/aromatic N) is 2. The summed E-state index contributed by atoms with van der Waals surface area (Å²) in [5.74, 6) is 1.21. The van der Waals surface area contributed by atoms with Gasteiger partial charge in [0.2, 0.25) is 0 Å². The Kier molecular flexibility index (Phi) is 2.69. The molecule has 2 aliphatic heterocycles. The van der Waals surface area contributed by atoms with Crippen LogP contribution in [0.3, 0.4) is 0 Å². The van der Waals surface area contributed by atoms with E-state index in [1.54, 1.807) is 0 Å². The van der Waals surface area contributed by atoms with Crippen molar-refractivity contribution in [1.29, 1.82) is 0 Å². The SMILES string of the molecule is NC1CCCn2c1cnc2C1CCCCN1. The maximum Gasteiger partial charge on any atom is 0.126 e. The molecular formula is C12H20N4. The molecule has 2 atom stereocenters. The van der Waals surface area contributed by atoms with Crippen LogP contribution in [0.5, 0.6) is 0 Å². The molecule has 0 amide bonds. The van der Waals surface area contributed by atoms with Gasteiger partial charge in [-0.1, -0.05) is 6.42 Å². The van der Waals surface area contributed by atoms with Crippen LogP contribution in [0.1, 0.15) is 55.7 Å². The Hall–Kier alpha value is -0.870. The predicted molar refractivity (Wildman–Crippen MR) is 63.0 cm³/mol. The molecule has 3 heterocycles. The zero-order valence-corrected chi connectivity index (χ0v) is 9.65. The molecule has 0 saturated carbocycles. The van der Waals surface area contributed by atoms with E-state index in [0.717, 1.165) is 19.5 Å². The van der Waals surface area contributed by atoms with Crippen LogP contribution in [0, 0.1) is 0 Å². The minimum atomic E-state index is 0.193. The molecule has 1 saturated heterocycles. The molecule has 4 nitrogen and oxygen atoms in total. The van der Waals surface area contributed by atoms with Crippen LogP contribution in [-0.4, -0.2) is 16.1 Å². The Balaban J connectivity index is 1.89. The van der Waals surface area contributed by atoms with Crippen molar-refractivity contribution >= 4 is 0 Å². The lowest BCUT2D eigenvalue weighted by Crippen LogP contribution is -2.31. The Morgan fingerprint density at radius 2 is 2.25 bits per heavy atom. The van der Waals surface area contributed by atoms with Gasteiger partial charge in [-0.2, -0.15) is 0 Å². The highest BCUT2D eigenvalue weighted by atomic mass is 15.1. The molecule has 0 aliphatic carbocycles. The Labute approximate surface area is 96.2 Å². The van der Waals surface area contributed by atoms with Crippen molar-refractivity contribution in [3.05, 3.63) is 17.7 Å². The van der Waals surface area contributed by atoms with Gasteiger partial charge < -0.3 is 15.6 Å². The van der Waals surface area contributed by atoms with Gasteiger partial charge in [0.25, 0.3) is 0 Å². The van der Waals surface area contributed by atoms with Gasteiger partial charge in [-0.05, 0) is 32.2 Å². The van der Waals surface area contributed by atoms with E-state index in [9.17, 15) is 0 Å². The molecule has 1 fully saturated rings. The third kappa shape index (κ3) is 1.66. The van der Waals surface area contributed by atoms with Crippen LogP contribution >= 0.6 is 0 Å². The summed E-state index contributed by atoms with van der Waals surface area (Å²) in [7, 11) is 0. The Morgan fingerprint density at radius 3 is 3.06 bits per heavy atom. The van der Waals surface area contributed by atoms with Crippen molar-refractivity contribution < 1.29 is 0 Å². The van der Waals surface area contributed by atoms with Gasteiger partial charge in [0, 0.05) is 12.6 Å². The average Bonchev–Trinajstić information content (AvgIpc) is 2.75. The summed E-state index contributed by atoms with van der Waals surface area (Å²) in [5, 5.41) is 3.56. The summed E-state index contributed by atoms with van der Waals surface area (Å²) in [4.78, 5) is 4.59. The lowest BCUT2D eigenvalue weighted by Gasteiger charge is -2.27. The van der Waals surface area contributed by atoms with E-state index < -0.39 is 0 Å². The fourth-order valence-corrected chi connectivity index (χ4v) is 2.91. The number of piperidine rings is 1. The van der Waals surface area contributed by atoms with Crippen molar-refractivity contribution in [3.8, 4) is 0 Å². The normalized spacial score (nSPS) is 30.1. The summed E-state index contributed by atoms with van der Waals surface area (Å²) >= 11 is 0. The first kappa shape index (κ1) is 10.3. The van der Waals surface area contributed by atoms with E-state index in [2.05, 4.69) is 14.9 Å². The van der Waals surface area contributed by atoms with Crippen molar-refractivity contribution in [2.45, 2.75) is 50.7 Å². The monoisotopic (exact) mass is 220 g/mol. The maximum absolute atomic E-state index is 6.11. The van der Waals surface area contributed by atoms with E-state index in [0.29, 0.717) is 6.04 Å². The summed E-state index contributed by atoms with van der Waals surface area (Å²) in [6, 6.07) is 0.645. The summed E-state index contributed by atoms with van der Waals surface area (Å²) in [6.07, 6.45) is 8.09. The van der Waals surface area contributed by atoms with Crippen LogP contribution in [0.25, 0.3) is 0 Å². The van der Waals surface area contributed by atoms with Crippen LogP contribution in [0.4, 0.5) is 0 Å². The van der Waals surface area contributed by atoms with Gasteiger partial charge in [-0.25, -0.2) is 4.98 Å². The smallest absolute Gasteiger partial charge is 0.126 e. The van der Waals surface area contributed by atoms with E-state index in [1.807, 2.05) is 6.20 Å². The second kappa shape index (κ2) is 4.18. The van der Waals surface area contributed by atoms with Gasteiger partial charge in [0.15, 0.2) is 0 Å². The molecule has 16 heavy (non-hydrogen) atoms. The molecule has 88 valence electrons.